The van der Waals surface area contributed by atoms with Gasteiger partial charge in [-0.1, -0.05) is 0 Å². The number of aryl methyl sites for hydroxylation is 1. The fourth-order valence-electron chi connectivity index (χ4n) is 1.74. The summed E-state index contributed by atoms with van der Waals surface area (Å²) in [6.07, 6.45) is 0. The van der Waals surface area contributed by atoms with Crippen molar-refractivity contribution in [2.75, 3.05) is 5.73 Å². The minimum Gasteiger partial charge on any atom is -0.383 e. The molecular formula is C11H22N4O2S. The summed E-state index contributed by atoms with van der Waals surface area (Å²) in [5.74, 6) is 0.174. The van der Waals surface area contributed by atoms with Gasteiger partial charge in [-0.25, -0.2) is 17.8 Å². The molecule has 3 N–H and O–H groups in total. The van der Waals surface area contributed by atoms with Gasteiger partial charge in [0.25, 0.3) is 0 Å². The monoisotopic (exact) mass is 274 g/mol. The molecule has 0 saturated carbocycles. The normalized spacial score (nSPS) is 13.3. The Morgan fingerprint density at radius 1 is 1.33 bits per heavy atom. The predicted molar refractivity (Wildman–Crippen MR) is 71.8 cm³/mol. The highest BCUT2D eigenvalue weighted by atomic mass is 32.2. The van der Waals surface area contributed by atoms with Crippen LogP contribution in [-0.2, 0) is 15.6 Å². The van der Waals surface area contributed by atoms with Crippen LogP contribution in [0.4, 0.5) is 5.82 Å². The second kappa shape index (κ2) is 4.55. The number of aromatic nitrogens is 2. The number of nitrogens with zero attached hydrogens (tertiary/aromatic N) is 2. The maximum atomic E-state index is 12.2. The van der Waals surface area contributed by atoms with Crippen molar-refractivity contribution in [3.63, 3.8) is 0 Å². The first-order valence-electron chi connectivity index (χ1n) is 5.84. The largest absolute Gasteiger partial charge is 0.383 e. The van der Waals surface area contributed by atoms with Gasteiger partial charge in [-0.05, 0) is 41.5 Å². The van der Waals surface area contributed by atoms with Gasteiger partial charge in [0.2, 0.25) is 10.0 Å². The summed E-state index contributed by atoms with van der Waals surface area (Å²) in [5, 5.41) is 4.23. The van der Waals surface area contributed by atoms with Crippen LogP contribution in [0, 0.1) is 6.92 Å². The van der Waals surface area contributed by atoms with E-state index in [0.717, 1.165) is 0 Å². The lowest BCUT2D eigenvalue weighted by Gasteiger charge is -2.21. The molecule has 0 aliphatic carbocycles. The lowest BCUT2D eigenvalue weighted by atomic mass is 10.1. The van der Waals surface area contributed by atoms with E-state index < -0.39 is 10.0 Å². The summed E-state index contributed by atoms with van der Waals surface area (Å²) < 4.78 is 28.4. The molecular weight excluding hydrogens is 252 g/mol. The van der Waals surface area contributed by atoms with E-state index in [1.165, 1.54) is 4.68 Å². The van der Waals surface area contributed by atoms with E-state index in [9.17, 15) is 8.42 Å². The molecule has 1 aromatic rings. The molecule has 18 heavy (non-hydrogen) atoms. The molecule has 0 aliphatic rings. The summed E-state index contributed by atoms with van der Waals surface area (Å²) in [7, 11) is -3.62. The highest BCUT2D eigenvalue weighted by molar-refractivity contribution is 7.89. The number of hydrogen-bond acceptors (Lipinski definition) is 4. The molecule has 0 bridgehead atoms. The van der Waals surface area contributed by atoms with E-state index in [1.807, 2.05) is 20.8 Å². The summed E-state index contributed by atoms with van der Waals surface area (Å²) in [5.41, 5.74) is 5.99. The number of rotatable bonds is 3. The molecule has 1 aromatic heterocycles. The maximum Gasteiger partial charge on any atom is 0.246 e. The van der Waals surface area contributed by atoms with E-state index in [4.69, 9.17) is 5.73 Å². The zero-order valence-electron chi connectivity index (χ0n) is 11.8. The SMILES string of the molecule is Cc1nn(C(C)(C)C)c(N)c1S(=O)(=O)NC(C)C. The lowest BCUT2D eigenvalue weighted by Crippen LogP contribution is -2.31. The van der Waals surface area contributed by atoms with Crippen LogP contribution in [0.1, 0.15) is 40.3 Å². The van der Waals surface area contributed by atoms with Crippen molar-refractivity contribution in [1.82, 2.24) is 14.5 Å². The van der Waals surface area contributed by atoms with Crippen molar-refractivity contribution in [2.24, 2.45) is 0 Å². The molecule has 0 saturated heterocycles. The third-order valence-corrected chi connectivity index (χ3v) is 4.16. The van der Waals surface area contributed by atoms with Crippen LogP contribution in [0.5, 0.6) is 0 Å². The van der Waals surface area contributed by atoms with Gasteiger partial charge in [-0.15, -0.1) is 0 Å². The van der Waals surface area contributed by atoms with Crippen molar-refractivity contribution in [3.8, 4) is 0 Å². The predicted octanol–water partition coefficient (Wildman–Crippen LogP) is 1.22. The van der Waals surface area contributed by atoms with Crippen molar-refractivity contribution in [1.29, 1.82) is 0 Å². The van der Waals surface area contributed by atoms with Crippen LogP contribution in [-0.4, -0.2) is 24.2 Å². The Kier molecular flexibility index (Phi) is 3.78. The van der Waals surface area contributed by atoms with Gasteiger partial charge >= 0.3 is 0 Å². The quantitative estimate of drug-likeness (QED) is 0.867. The van der Waals surface area contributed by atoms with Crippen molar-refractivity contribution in [2.45, 2.75) is 58.0 Å². The molecule has 6 nitrogen and oxygen atoms in total. The molecule has 0 atom stereocenters. The van der Waals surface area contributed by atoms with Crippen LogP contribution >= 0.6 is 0 Å². The van der Waals surface area contributed by atoms with Gasteiger partial charge in [0.1, 0.15) is 10.7 Å². The maximum absolute atomic E-state index is 12.2. The van der Waals surface area contributed by atoms with Gasteiger partial charge in [0, 0.05) is 6.04 Å². The van der Waals surface area contributed by atoms with Gasteiger partial charge in [-0.3, -0.25) is 0 Å². The average Bonchev–Trinajstić information content (AvgIpc) is 2.38. The molecule has 0 aliphatic heterocycles. The zero-order chi connectivity index (χ0) is 14.3. The lowest BCUT2D eigenvalue weighted by molar-refractivity contribution is 0.360. The van der Waals surface area contributed by atoms with E-state index in [1.54, 1.807) is 20.8 Å². The molecule has 0 spiro atoms. The second-order valence-corrected chi connectivity index (χ2v) is 7.31. The van der Waals surface area contributed by atoms with Crippen molar-refractivity contribution < 1.29 is 8.42 Å². The van der Waals surface area contributed by atoms with Gasteiger partial charge in [0.15, 0.2) is 0 Å². The van der Waals surface area contributed by atoms with Crippen LogP contribution in [0.3, 0.4) is 0 Å². The second-order valence-electron chi connectivity index (χ2n) is 5.66. The van der Waals surface area contributed by atoms with Gasteiger partial charge in [-0.2, -0.15) is 5.10 Å². The molecule has 104 valence electrons. The van der Waals surface area contributed by atoms with Crippen molar-refractivity contribution in [3.05, 3.63) is 5.69 Å². The van der Waals surface area contributed by atoms with E-state index in [0.29, 0.717) is 5.69 Å². The minimum absolute atomic E-state index is 0.0751. The molecule has 7 heteroatoms. The van der Waals surface area contributed by atoms with Crippen LogP contribution < -0.4 is 10.5 Å². The van der Waals surface area contributed by atoms with E-state index in [2.05, 4.69) is 9.82 Å². The smallest absolute Gasteiger partial charge is 0.246 e. The molecule has 0 aromatic carbocycles. The number of sulfonamides is 1. The van der Waals surface area contributed by atoms with Crippen LogP contribution in [0.15, 0.2) is 4.90 Å². The van der Waals surface area contributed by atoms with E-state index >= 15 is 0 Å². The Balaban J connectivity index is 3.40. The average molecular weight is 274 g/mol. The number of nitrogens with two attached hydrogens (primary N) is 1. The van der Waals surface area contributed by atoms with E-state index in [-0.39, 0.29) is 22.3 Å². The zero-order valence-corrected chi connectivity index (χ0v) is 12.6. The number of hydrogen-bond donors (Lipinski definition) is 2. The summed E-state index contributed by atoms with van der Waals surface area (Å²) in [6, 6.07) is -0.188. The molecule has 1 rings (SSSR count). The highest BCUT2D eigenvalue weighted by Crippen LogP contribution is 2.27. The van der Waals surface area contributed by atoms with Gasteiger partial charge in [0.05, 0.1) is 11.2 Å². The van der Waals surface area contributed by atoms with Crippen LogP contribution in [0.25, 0.3) is 0 Å². The van der Waals surface area contributed by atoms with Gasteiger partial charge < -0.3 is 5.73 Å². The first kappa shape index (κ1) is 15.0. The molecule has 0 unspecified atom stereocenters. The molecule has 0 fully saturated rings. The molecule has 0 radical (unpaired) electrons. The van der Waals surface area contributed by atoms with Crippen molar-refractivity contribution >= 4 is 15.8 Å². The minimum atomic E-state index is -3.62. The molecule has 0 amide bonds. The summed E-state index contributed by atoms with van der Waals surface area (Å²) >= 11 is 0. The Morgan fingerprint density at radius 2 is 1.83 bits per heavy atom. The third kappa shape index (κ3) is 2.84. The number of anilines is 1. The highest BCUT2D eigenvalue weighted by Gasteiger charge is 2.29. The third-order valence-electron chi connectivity index (χ3n) is 2.33. The Morgan fingerprint density at radius 3 is 2.17 bits per heavy atom. The Labute approximate surface area is 109 Å². The standard InChI is InChI=1S/C11H22N4O2S/c1-7(2)14-18(16,17)9-8(3)13-15(10(9)12)11(4,5)6/h7,14H,12H2,1-6H3. The Hall–Kier alpha value is -1.08. The fraction of sp³-hybridized carbons (Fsp3) is 0.727. The summed E-state index contributed by atoms with van der Waals surface area (Å²) in [4.78, 5) is 0.0751. The molecule has 1 heterocycles. The summed E-state index contributed by atoms with van der Waals surface area (Å²) in [6.45, 7) is 10.9. The topological polar surface area (TPSA) is 90.0 Å². The first-order chi connectivity index (χ1) is 7.97. The number of nitrogens with one attached hydrogen (secondary N) is 1. The Bertz CT molecular complexity index is 538. The first-order valence-corrected chi connectivity index (χ1v) is 7.33. The van der Waals surface area contributed by atoms with Crippen LogP contribution in [0.2, 0.25) is 0 Å². The number of nitrogen functional groups attached to an aromatic ring is 1. The fourth-order valence-corrected chi connectivity index (χ4v) is 3.27.